The number of hydrogen-bond donors (Lipinski definition) is 5. The van der Waals surface area contributed by atoms with E-state index < -0.39 is 28.3 Å². The molecule has 0 radical (unpaired) electrons. The van der Waals surface area contributed by atoms with E-state index in [-0.39, 0.29) is 27.9 Å². The molecule has 7 nitrogen and oxygen atoms in total. The minimum atomic E-state index is -4.12. The molecule has 2 aromatic rings. The molecule has 1 heterocycles. The van der Waals surface area contributed by atoms with Gasteiger partial charge in [0, 0.05) is 5.56 Å². The van der Waals surface area contributed by atoms with Gasteiger partial charge >= 0.3 is 0 Å². The molecule has 0 spiro atoms. The first-order valence-corrected chi connectivity index (χ1v) is 8.62. The number of aliphatic hydroxyl groups is 3. The lowest BCUT2D eigenvalue weighted by molar-refractivity contribution is 0.248. The molecule has 10 heteroatoms. The molecular formula is C13H14Cl2N2O5S. The highest BCUT2D eigenvalue weighted by atomic mass is 35.5. The second-order valence-electron chi connectivity index (χ2n) is 4.71. The third kappa shape index (κ3) is 3.24. The Bertz CT molecular complexity index is 849. The molecule has 0 saturated carbocycles. The van der Waals surface area contributed by atoms with E-state index in [0.717, 1.165) is 0 Å². The van der Waals surface area contributed by atoms with Crippen LogP contribution in [0.15, 0.2) is 17.2 Å². The van der Waals surface area contributed by atoms with Crippen LogP contribution in [0, 0.1) is 0 Å². The van der Waals surface area contributed by atoms with E-state index in [9.17, 15) is 23.7 Å². The van der Waals surface area contributed by atoms with E-state index >= 15 is 0 Å². The standard InChI is InChI=1S/C13H14Cl2N2O5S/c14-11-10(12(15)17-13(11)23(16,21)22)7-2-1-6(3-18)8(4-19)9(7)5-20/h1-2,17-20H,3-5H2,(H2,16,21,22). The van der Waals surface area contributed by atoms with Gasteiger partial charge in [-0.1, -0.05) is 35.3 Å². The molecule has 1 aromatic heterocycles. The lowest BCUT2D eigenvalue weighted by Gasteiger charge is -2.15. The van der Waals surface area contributed by atoms with Crippen LogP contribution in [0.25, 0.3) is 11.1 Å². The highest BCUT2D eigenvalue weighted by Crippen LogP contribution is 2.41. The Labute approximate surface area is 142 Å². The van der Waals surface area contributed by atoms with Crippen molar-refractivity contribution in [2.75, 3.05) is 0 Å². The number of aromatic amines is 1. The smallest absolute Gasteiger partial charge is 0.255 e. The molecular weight excluding hydrogens is 367 g/mol. The number of rotatable bonds is 5. The Kier molecular flexibility index (Phi) is 5.37. The number of nitrogens with two attached hydrogens (primary N) is 1. The Balaban J connectivity index is 2.81. The fourth-order valence-electron chi connectivity index (χ4n) is 2.36. The van der Waals surface area contributed by atoms with Gasteiger partial charge < -0.3 is 20.3 Å². The maximum atomic E-state index is 11.5. The van der Waals surface area contributed by atoms with E-state index in [2.05, 4.69) is 4.98 Å². The Morgan fingerprint density at radius 2 is 1.65 bits per heavy atom. The van der Waals surface area contributed by atoms with Crippen LogP contribution < -0.4 is 5.14 Å². The largest absolute Gasteiger partial charge is 0.392 e. The molecule has 0 aliphatic heterocycles. The van der Waals surface area contributed by atoms with Crippen molar-refractivity contribution in [2.45, 2.75) is 24.8 Å². The number of H-pyrrole nitrogens is 1. The minimum Gasteiger partial charge on any atom is -0.392 e. The van der Waals surface area contributed by atoms with Gasteiger partial charge in [0.1, 0.15) is 5.15 Å². The highest BCUT2D eigenvalue weighted by Gasteiger charge is 2.25. The SMILES string of the molecule is NS(=O)(=O)c1[nH]c(Cl)c(-c2ccc(CO)c(CO)c2CO)c1Cl. The first-order valence-electron chi connectivity index (χ1n) is 6.32. The molecule has 0 unspecified atom stereocenters. The normalized spacial score (nSPS) is 11.9. The Morgan fingerprint density at radius 3 is 2.09 bits per heavy atom. The van der Waals surface area contributed by atoms with Gasteiger partial charge in [-0.05, 0) is 22.3 Å². The van der Waals surface area contributed by atoms with E-state index in [1.165, 1.54) is 12.1 Å². The summed E-state index contributed by atoms with van der Waals surface area (Å²) in [6.07, 6.45) is 0. The molecule has 126 valence electrons. The summed E-state index contributed by atoms with van der Waals surface area (Å²) in [6.45, 7) is -1.23. The van der Waals surface area contributed by atoms with Crippen LogP contribution in [0.3, 0.4) is 0 Å². The molecule has 0 saturated heterocycles. The first kappa shape index (κ1) is 18.2. The molecule has 0 fully saturated rings. The van der Waals surface area contributed by atoms with E-state index in [1.54, 1.807) is 0 Å². The van der Waals surface area contributed by atoms with Crippen LogP contribution in [0.5, 0.6) is 0 Å². The number of hydrogen-bond acceptors (Lipinski definition) is 5. The van der Waals surface area contributed by atoms with Gasteiger partial charge in [-0.25, -0.2) is 13.6 Å². The minimum absolute atomic E-state index is 0.0747. The van der Waals surface area contributed by atoms with Crippen LogP contribution in [-0.2, 0) is 29.8 Å². The summed E-state index contributed by atoms with van der Waals surface area (Å²) in [6, 6.07) is 3.04. The zero-order chi connectivity index (χ0) is 17.4. The second kappa shape index (κ2) is 6.78. The summed E-state index contributed by atoms with van der Waals surface area (Å²) >= 11 is 12.1. The summed E-state index contributed by atoms with van der Waals surface area (Å²) < 4.78 is 23.0. The molecule has 1 aromatic carbocycles. The number of primary sulfonamides is 1. The molecule has 6 N–H and O–H groups in total. The van der Waals surface area contributed by atoms with Crippen molar-refractivity contribution in [1.82, 2.24) is 4.98 Å². The van der Waals surface area contributed by atoms with Crippen molar-refractivity contribution in [3.63, 3.8) is 0 Å². The van der Waals surface area contributed by atoms with Crippen molar-refractivity contribution in [3.8, 4) is 11.1 Å². The van der Waals surface area contributed by atoms with Gasteiger partial charge in [0.15, 0.2) is 5.03 Å². The molecule has 0 aliphatic rings. The predicted octanol–water partition coefficient (Wildman–Crippen LogP) is 1.11. The maximum absolute atomic E-state index is 11.5. The van der Waals surface area contributed by atoms with E-state index in [1.807, 2.05) is 0 Å². The number of aromatic nitrogens is 1. The van der Waals surface area contributed by atoms with Gasteiger partial charge in [-0.15, -0.1) is 0 Å². The maximum Gasteiger partial charge on any atom is 0.255 e. The van der Waals surface area contributed by atoms with Gasteiger partial charge in [0.05, 0.1) is 24.8 Å². The Hall–Kier alpha value is -1.13. The summed E-state index contributed by atoms with van der Waals surface area (Å²) in [5, 5.41) is 32.8. The zero-order valence-electron chi connectivity index (χ0n) is 11.7. The third-order valence-electron chi connectivity index (χ3n) is 3.43. The number of halogens is 2. The second-order valence-corrected chi connectivity index (χ2v) is 6.96. The number of aliphatic hydroxyl groups excluding tert-OH is 3. The average Bonchev–Trinajstić information content (AvgIpc) is 2.80. The molecule has 2 rings (SSSR count). The zero-order valence-corrected chi connectivity index (χ0v) is 14.0. The van der Waals surface area contributed by atoms with Gasteiger partial charge in [0.2, 0.25) is 0 Å². The quantitative estimate of drug-likeness (QED) is 0.529. The van der Waals surface area contributed by atoms with Crippen LogP contribution in [0.2, 0.25) is 10.2 Å². The third-order valence-corrected chi connectivity index (χ3v) is 5.08. The van der Waals surface area contributed by atoms with Crippen molar-refractivity contribution in [1.29, 1.82) is 0 Å². The summed E-state index contributed by atoms with van der Waals surface area (Å²) in [4.78, 5) is 2.40. The number of sulfonamides is 1. The summed E-state index contributed by atoms with van der Waals surface area (Å²) in [5.41, 5.74) is 1.49. The highest BCUT2D eigenvalue weighted by molar-refractivity contribution is 7.89. The van der Waals surface area contributed by atoms with Crippen LogP contribution in [0.4, 0.5) is 0 Å². The van der Waals surface area contributed by atoms with Crippen LogP contribution in [0.1, 0.15) is 16.7 Å². The summed E-state index contributed by atoms with van der Waals surface area (Å²) in [7, 11) is -4.12. The van der Waals surface area contributed by atoms with Gasteiger partial charge in [-0.3, -0.25) is 0 Å². The van der Waals surface area contributed by atoms with Crippen molar-refractivity contribution in [2.24, 2.45) is 5.14 Å². The van der Waals surface area contributed by atoms with Gasteiger partial charge in [0.25, 0.3) is 10.0 Å². The van der Waals surface area contributed by atoms with Crippen LogP contribution in [-0.4, -0.2) is 28.7 Å². The van der Waals surface area contributed by atoms with Crippen LogP contribution >= 0.6 is 23.2 Å². The topological polar surface area (TPSA) is 137 Å². The molecule has 23 heavy (non-hydrogen) atoms. The van der Waals surface area contributed by atoms with E-state index in [0.29, 0.717) is 16.7 Å². The monoisotopic (exact) mass is 380 g/mol. The molecule has 0 atom stereocenters. The number of benzene rings is 1. The van der Waals surface area contributed by atoms with E-state index in [4.69, 9.17) is 28.3 Å². The molecule has 0 bridgehead atoms. The number of nitrogens with one attached hydrogen (secondary N) is 1. The summed E-state index contributed by atoms with van der Waals surface area (Å²) in [5.74, 6) is 0. The average molecular weight is 381 g/mol. The first-order chi connectivity index (χ1) is 10.8. The van der Waals surface area contributed by atoms with Crippen molar-refractivity contribution in [3.05, 3.63) is 39.0 Å². The fraction of sp³-hybridized carbons (Fsp3) is 0.231. The lowest BCUT2D eigenvalue weighted by atomic mass is 9.94. The predicted molar refractivity (Wildman–Crippen MR) is 85.4 cm³/mol. The lowest BCUT2D eigenvalue weighted by Crippen LogP contribution is -2.13. The van der Waals surface area contributed by atoms with Crippen molar-refractivity contribution >= 4 is 33.2 Å². The van der Waals surface area contributed by atoms with Gasteiger partial charge in [-0.2, -0.15) is 0 Å². The fourth-order valence-corrected chi connectivity index (χ4v) is 3.92. The Morgan fingerprint density at radius 1 is 1.04 bits per heavy atom. The molecule has 0 aliphatic carbocycles. The molecule has 0 amide bonds. The van der Waals surface area contributed by atoms with Crippen molar-refractivity contribution < 1.29 is 23.7 Å².